The molecule has 0 aromatic heterocycles. The number of carboxylic acid groups (broad SMARTS) is 1. The number of nitrogens with one attached hydrogen (secondary N) is 1. The minimum absolute atomic E-state index is 0.148. The third-order valence-corrected chi connectivity index (χ3v) is 3.72. The smallest absolute Gasteiger partial charge is 0.317 e. The summed E-state index contributed by atoms with van der Waals surface area (Å²) < 4.78 is 0. The highest BCUT2D eigenvalue weighted by Crippen LogP contribution is 2.19. The number of hydrogen-bond acceptors (Lipinski definition) is 3. The molecule has 20 heavy (non-hydrogen) atoms. The van der Waals surface area contributed by atoms with Gasteiger partial charge < -0.3 is 20.4 Å². The first kappa shape index (κ1) is 16.8. The number of carboxylic acids is 1. The molecule has 0 bridgehead atoms. The van der Waals surface area contributed by atoms with Gasteiger partial charge in [0, 0.05) is 26.2 Å². The maximum atomic E-state index is 12.0. The van der Waals surface area contributed by atoms with Crippen LogP contribution in [0.5, 0.6) is 0 Å². The van der Waals surface area contributed by atoms with Crippen LogP contribution in [0.4, 0.5) is 4.79 Å². The first-order valence-electron chi connectivity index (χ1n) is 7.30. The Kier molecular flexibility index (Phi) is 6.78. The topological polar surface area (TPSA) is 89.9 Å². The molecular weight excluding hydrogens is 260 g/mol. The Morgan fingerprint density at radius 2 is 2.10 bits per heavy atom. The molecule has 6 heteroatoms. The highest BCUT2D eigenvalue weighted by atomic mass is 16.4. The van der Waals surface area contributed by atoms with Crippen molar-refractivity contribution in [3.8, 4) is 0 Å². The number of nitrogens with zero attached hydrogens (tertiary/aromatic N) is 1. The van der Waals surface area contributed by atoms with E-state index in [4.69, 9.17) is 10.2 Å². The van der Waals surface area contributed by atoms with Crippen LogP contribution in [0.2, 0.25) is 0 Å². The number of rotatable bonds is 7. The molecule has 3 N–H and O–H groups in total. The first-order valence-corrected chi connectivity index (χ1v) is 7.30. The van der Waals surface area contributed by atoms with Gasteiger partial charge in [0.25, 0.3) is 0 Å². The van der Waals surface area contributed by atoms with Gasteiger partial charge in [0.15, 0.2) is 0 Å². The second-order valence-corrected chi connectivity index (χ2v) is 5.96. The number of carbonyl (C=O) groups is 2. The van der Waals surface area contributed by atoms with E-state index in [9.17, 15) is 9.59 Å². The van der Waals surface area contributed by atoms with Crippen molar-refractivity contribution in [3.05, 3.63) is 0 Å². The molecule has 0 aliphatic carbocycles. The van der Waals surface area contributed by atoms with E-state index in [0.29, 0.717) is 25.4 Å². The molecule has 116 valence electrons. The minimum atomic E-state index is -0.862. The maximum Gasteiger partial charge on any atom is 0.317 e. The van der Waals surface area contributed by atoms with E-state index in [2.05, 4.69) is 5.32 Å². The van der Waals surface area contributed by atoms with Gasteiger partial charge in [-0.1, -0.05) is 13.8 Å². The summed E-state index contributed by atoms with van der Waals surface area (Å²) in [5.74, 6) is -0.751. The van der Waals surface area contributed by atoms with Gasteiger partial charge in [-0.2, -0.15) is 0 Å². The molecule has 6 nitrogen and oxygen atoms in total. The fourth-order valence-corrected chi connectivity index (χ4v) is 2.60. The Morgan fingerprint density at radius 3 is 2.65 bits per heavy atom. The van der Waals surface area contributed by atoms with Crippen LogP contribution >= 0.6 is 0 Å². The Hall–Kier alpha value is -1.30. The van der Waals surface area contributed by atoms with Crippen molar-refractivity contribution < 1.29 is 19.8 Å². The predicted molar refractivity (Wildman–Crippen MR) is 75.4 cm³/mol. The summed E-state index contributed by atoms with van der Waals surface area (Å²) in [5.41, 5.74) is 0. The van der Waals surface area contributed by atoms with E-state index in [1.165, 1.54) is 0 Å². The van der Waals surface area contributed by atoms with E-state index in [0.717, 1.165) is 12.8 Å². The first-order chi connectivity index (χ1) is 9.43. The van der Waals surface area contributed by atoms with Gasteiger partial charge in [-0.05, 0) is 31.1 Å². The van der Waals surface area contributed by atoms with Gasteiger partial charge in [-0.3, -0.25) is 4.79 Å². The number of aliphatic hydroxyl groups excluding tert-OH is 1. The standard InChI is InChI=1S/C14H26N2O4/c1-10(2)7-12(13(18)19)8-15-14(20)16-5-3-11(9-16)4-6-17/h10-12,17H,3-9H2,1-2H3,(H,15,20)(H,18,19). The molecule has 1 heterocycles. The SMILES string of the molecule is CC(C)CC(CNC(=O)N1CCC(CCO)C1)C(=O)O. The molecule has 1 fully saturated rings. The van der Waals surface area contributed by atoms with Gasteiger partial charge in [-0.15, -0.1) is 0 Å². The lowest BCUT2D eigenvalue weighted by Crippen LogP contribution is -2.42. The van der Waals surface area contributed by atoms with Crippen molar-refractivity contribution in [2.24, 2.45) is 17.8 Å². The molecule has 0 radical (unpaired) electrons. The Bertz CT molecular complexity index is 333. The van der Waals surface area contributed by atoms with Gasteiger partial charge in [0.1, 0.15) is 0 Å². The lowest BCUT2D eigenvalue weighted by Gasteiger charge is -2.20. The summed E-state index contributed by atoms with van der Waals surface area (Å²) in [7, 11) is 0. The lowest BCUT2D eigenvalue weighted by molar-refractivity contribution is -0.142. The Morgan fingerprint density at radius 1 is 1.40 bits per heavy atom. The van der Waals surface area contributed by atoms with Crippen molar-refractivity contribution >= 4 is 12.0 Å². The van der Waals surface area contributed by atoms with Crippen LogP contribution in [0.15, 0.2) is 0 Å². The summed E-state index contributed by atoms with van der Waals surface area (Å²) in [4.78, 5) is 24.8. The average Bonchev–Trinajstić information content (AvgIpc) is 2.82. The Balaban J connectivity index is 2.36. The maximum absolute atomic E-state index is 12.0. The zero-order valence-electron chi connectivity index (χ0n) is 12.3. The number of carbonyl (C=O) groups excluding carboxylic acids is 1. The van der Waals surface area contributed by atoms with E-state index < -0.39 is 11.9 Å². The van der Waals surface area contributed by atoms with Gasteiger partial charge in [-0.25, -0.2) is 4.79 Å². The molecule has 2 amide bonds. The van der Waals surface area contributed by atoms with Crippen LogP contribution < -0.4 is 5.32 Å². The third-order valence-electron chi connectivity index (χ3n) is 3.72. The van der Waals surface area contributed by atoms with Crippen molar-refractivity contribution in [2.75, 3.05) is 26.2 Å². The van der Waals surface area contributed by atoms with Gasteiger partial charge in [0.05, 0.1) is 5.92 Å². The molecule has 1 aliphatic rings. The van der Waals surface area contributed by atoms with Gasteiger partial charge >= 0.3 is 12.0 Å². The summed E-state index contributed by atoms with van der Waals surface area (Å²) in [6.45, 7) is 5.59. The van der Waals surface area contributed by atoms with Crippen LogP contribution in [-0.2, 0) is 4.79 Å². The molecule has 1 aliphatic heterocycles. The highest BCUT2D eigenvalue weighted by molar-refractivity contribution is 5.76. The van der Waals surface area contributed by atoms with Crippen LogP contribution in [0.25, 0.3) is 0 Å². The molecule has 2 unspecified atom stereocenters. The number of hydrogen-bond donors (Lipinski definition) is 3. The molecule has 0 aromatic carbocycles. The molecule has 0 saturated carbocycles. The molecular formula is C14H26N2O4. The summed E-state index contributed by atoms with van der Waals surface area (Å²) >= 11 is 0. The predicted octanol–water partition coefficient (Wildman–Crippen LogP) is 1.15. The van der Waals surface area contributed by atoms with Crippen molar-refractivity contribution in [1.29, 1.82) is 0 Å². The van der Waals surface area contributed by atoms with E-state index in [1.807, 2.05) is 13.8 Å². The Labute approximate surface area is 120 Å². The van der Waals surface area contributed by atoms with E-state index in [-0.39, 0.29) is 25.1 Å². The van der Waals surface area contributed by atoms with Crippen LogP contribution in [-0.4, -0.2) is 53.4 Å². The molecule has 0 aromatic rings. The molecule has 1 rings (SSSR count). The van der Waals surface area contributed by atoms with Crippen molar-refractivity contribution in [3.63, 3.8) is 0 Å². The van der Waals surface area contributed by atoms with E-state index >= 15 is 0 Å². The number of amides is 2. The zero-order valence-corrected chi connectivity index (χ0v) is 12.3. The second-order valence-electron chi connectivity index (χ2n) is 5.96. The lowest BCUT2D eigenvalue weighted by atomic mass is 9.97. The number of urea groups is 1. The van der Waals surface area contributed by atoms with Gasteiger partial charge in [0.2, 0.25) is 0 Å². The number of aliphatic hydroxyl groups is 1. The molecule has 0 spiro atoms. The van der Waals surface area contributed by atoms with Crippen LogP contribution in [0, 0.1) is 17.8 Å². The molecule has 2 atom stereocenters. The third kappa shape index (κ3) is 5.36. The fourth-order valence-electron chi connectivity index (χ4n) is 2.60. The summed E-state index contributed by atoms with van der Waals surface area (Å²) in [6.07, 6.45) is 2.18. The number of likely N-dealkylation sites (tertiary alicyclic amines) is 1. The summed E-state index contributed by atoms with van der Waals surface area (Å²) in [5, 5.41) is 20.7. The van der Waals surface area contributed by atoms with E-state index in [1.54, 1.807) is 4.90 Å². The normalized spacial score (nSPS) is 20.2. The van der Waals surface area contributed by atoms with Crippen molar-refractivity contribution in [2.45, 2.75) is 33.1 Å². The quantitative estimate of drug-likeness (QED) is 0.655. The van der Waals surface area contributed by atoms with Crippen LogP contribution in [0.1, 0.15) is 33.1 Å². The number of aliphatic carboxylic acids is 1. The highest BCUT2D eigenvalue weighted by Gasteiger charge is 2.27. The molecule has 1 saturated heterocycles. The second kappa shape index (κ2) is 8.09. The van der Waals surface area contributed by atoms with Crippen LogP contribution in [0.3, 0.4) is 0 Å². The fraction of sp³-hybridized carbons (Fsp3) is 0.857. The van der Waals surface area contributed by atoms with Crippen molar-refractivity contribution in [1.82, 2.24) is 10.2 Å². The zero-order chi connectivity index (χ0) is 15.1. The largest absolute Gasteiger partial charge is 0.481 e. The average molecular weight is 286 g/mol. The minimum Gasteiger partial charge on any atom is -0.481 e. The monoisotopic (exact) mass is 286 g/mol. The summed E-state index contributed by atoms with van der Waals surface area (Å²) in [6, 6.07) is -0.194.